The first-order chi connectivity index (χ1) is 33.2. The minimum absolute atomic E-state index is 0.154. The Morgan fingerprint density at radius 1 is 0.239 bits per heavy atom. The summed E-state index contributed by atoms with van der Waals surface area (Å²) in [5, 5.41) is 17.1. The minimum atomic E-state index is 0.154. The fourth-order valence-electron chi connectivity index (χ4n) is 11.4. The summed E-state index contributed by atoms with van der Waals surface area (Å²) in [7, 11) is 0. The van der Waals surface area contributed by atoms with Gasteiger partial charge in [0.05, 0.1) is 0 Å². The van der Waals surface area contributed by atoms with Crippen LogP contribution in [0.25, 0.3) is 151 Å². The molecule has 0 N–H and O–H groups in total. The van der Waals surface area contributed by atoms with E-state index in [2.05, 4.69) is 206 Å². The van der Waals surface area contributed by atoms with Crippen LogP contribution in [0.4, 0.5) is 0 Å². The van der Waals surface area contributed by atoms with E-state index >= 15 is 0 Å². The molecule has 0 saturated heterocycles. The van der Waals surface area contributed by atoms with Crippen LogP contribution in [-0.2, 0) is 0 Å². The average Bonchev–Trinajstić information content (AvgIpc) is 4.08. The molecule has 3 heterocycles. The Hall–Kier alpha value is -8.20. The first-order valence-electron chi connectivity index (χ1n) is 22.9. The van der Waals surface area contributed by atoms with Crippen molar-refractivity contribution in [2.75, 3.05) is 0 Å². The third-order valence-electron chi connectivity index (χ3n) is 14.3. The van der Waals surface area contributed by atoms with Gasteiger partial charge < -0.3 is 0 Å². The molecule has 0 amide bonds. The summed E-state index contributed by atoms with van der Waals surface area (Å²) in [4.78, 5) is 0. The Kier molecular flexibility index (Phi) is 7.83. The summed E-state index contributed by atoms with van der Waals surface area (Å²) in [5.74, 6) is 0. The quantitative estimate of drug-likeness (QED) is 0.130. The summed E-state index contributed by atoms with van der Waals surface area (Å²) in [6, 6.07) is 80.1. The van der Waals surface area contributed by atoms with E-state index in [1.54, 1.807) is 0 Å². The van der Waals surface area contributed by atoms with Gasteiger partial charge in [0.2, 0.25) is 0 Å². The molecule has 2 nitrogen and oxygen atoms in total. The number of benzene rings is 12. The van der Waals surface area contributed by atoms with Gasteiger partial charge in [-0.3, -0.25) is 0 Å². The monoisotopic (exact) mass is 916 g/mol. The van der Waals surface area contributed by atoms with Gasteiger partial charge in [-0.1, -0.05) is 30.3 Å². The van der Waals surface area contributed by atoms with Gasteiger partial charge in [-0.2, -0.15) is 0 Å². The van der Waals surface area contributed by atoms with Crippen LogP contribution in [0.3, 0.4) is 0 Å². The molecule has 0 fully saturated rings. The molecular weight excluding hydrogens is 880 g/mol. The van der Waals surface area contributed by atoms with E-state index in [-0.39, 0.29) is 14.5 Å². The zero-order valence-corrected chi connectivity index (χ0v) is 37.7. The first kappa shape index (κ1) is 37.1. The van der Waals surface area contributed by atoms with Crippen molar-refractivity contribution in [3.63, 3.8) is 0 Å². The second kappa shape index (κ2) is 14.1. The van der Waals surface area contributed by atoms with Gasteiger partial charge in [-0.25, -0.2) is 0 Å². The van der Waals surface area contributed by atoms with E-state index in [0.29, 0.717) is 0 Å². The maximum atomic E-state index is 6.66. The molecule has 0 radical (unpaired) electrons. The molecule has 0 bridgehead atoms. The Bertz CT molecular complexity index is 4470. The van der Waals surface area contributed by atoms with E-state index in [1.165, 1.54) is 95.8 Å². The number of para-hydroxylation sites is 4. The zero-order valence-electron chi connectivity index (χ0n) is 36.0. The van der Waals surface area contributed by atoms with Gasteiger partial charge in [0, 0.05) is 0 Å². The molecule has 15 rings (SSSR count). The number of hydrogen-bond donors (Lipinski definition) is 0. The molecular formula is C64H36O2Se. The number of furan rings is 2. The molecule has 0 unspecified atom stereocenters. The normalized spacial score (nSPS) is 12.2. The van der Waals surface area contributed by atoms with Crippen molar-refractivity contribution >= 4 is 121 Å². The summed E-state index contributed by atoms with van der Waals surface area (Å²) in [6.07, 6.45) is 0. The van der Waals surface area contributed by atoms with Crippen molar-refractivity contribution in [3.05, 3.63) is 218 Å². The second-order valence-corrected chi connectivity index (χ2v) is 20.0. The van der Waals surface area contributed by atoms with Crippen LogP contribution in [0.15, 0.2) is 227 Å². The summed E-state index contributed by atoms with van der Waals surface area (Å²) in [5.41, 5.74) is 13.4. The van der Waals surface area contributed by atoms with Crippen molar-refractivity contribution in [1.29, 1.82) is 0 Å². The van der Waals surface area contributed by atoms with E-state index < -0.39 is 0 Å². The fraction of sp³-hybridized carbons (Fsp3) is 0. The Morgan fingerprint density at radius 3 is 1.07 bits per heavy atom. The summed E-state index contributed by atoms with van der Waals surface area (Å²) < 4.78 is 16.2. The van der Waals surface area contributed by atoms with Gasteiger partial charge in [0.15, 0.2) is 0 Å². The van der Waals surface area contributed by atoms with Crippen LogP contribution in [0.2, 0.25) is 0 Å². The van der Waals surface area contributed by atoms with E-state index in [4.69, 9.17) is 8.83 Å². The van der Waals surface area contributed by atoms with E-state index in [0.717, 1.165) is 55.0 Å². The summed E-state index contributed by atoms with van der Waals surface area (Å²) >= 11 is 0.154. The first-order valence-corrected chi connectivity index (χ1v) is 24.6. The van der Waals surface area contributed by atoms with Crippen molar-refractivity contribution in [2.24, 2.45) is 0 Å². The van der Waals surface area contributed by atoms with Crippen molar-refractivity contribution in [1.82, 2.24) is 0 Å². The Morgan fingerprint density at radius 2 is 0.612 bits per heavy atom. The number of fused-ring (bicyclic) bond motifs is 13. The van der Waals surface area contributed by atoms with Gasteiger partial charge in [-0.05, 0) is 6.07 Å². The van der Waals surface area contributed by atoms with Crippen molar-refractivity contribution < 1.29 is 8.83 Å². The van der Waals surface area contributed by atoms with Crippen molar-refractivity contribution in [3.8, 4) is 44.5 Å². The second-order valence-electron chi connectivity index (χ2n) is 17.8. The van der Waals surface area contributed by atoms with Crippen LogP contribution in [-0.4, -0.2) is 14.5 Å². The molecule has 0 aliphatic heterocycles. The molecule has 0 saturated carbocycles. The third kappa shape index (κ3) is 5.33. The van der Waals surface area contributed by atoms with E-state index in [9.17, 15) is 0 Å². The molecule has 15 aromatic rings. The zero-order chi connectivity index (χ0) is 43.7. The van der Waals surface area contributed by atoms with Gasteiger partial charge in [0.1, 0.15) is 0 Å². The maximum absolute atomic E-state index is 6.66. The van der Waals surface area contributed by atoms with Gasteiger partial charge in [0.25, 0.3) is 0 Å². The molecule has 12 aromatic carbocycles. The van der Waals surface area contributed by atoms with Crippen LogP contribution >= 0.6 is 0 Å². The van der Waals surface area contributed by atoms with Crippen molar-refractivity contribution in [2.45, 2.75) is 0 Å². The van der Waals surface area contributed by atoms with Crippen LogP contribution in [0.5, 0.6) is 0 Å². The van der Waals surface area contributed by atoms with Crippen LogP contribution in [0.1, 0.15) is 0 Å². The molecule has 3 heteroatoms. The molecule has 0 aliphatic rings. The molecule has 310 valence electrons. The molecule has 3 aromatic heterocycles. The average molecular weight is 916 g/mol. The molecule has 0 aliphatic carbocycles. The molecule has 0 atom stereocenters. The predicted octanol–water partition coefficient (Wildman–Crippen LogP) is 18.1. The van der Waals surface area contributed by atoms with Crippen LogP contribution in [0, 0.1) is 0 Å². The van der Waals surface area contributed by atoms with Crippen LogP contribution < -0.4 is 0 Å². The topological polar surface area (TPSA) is 26.3 Å². The van der Waals surface area contributed by atoms with E-state index in [1.807, 2.05) is 12.1 Å². The SMILES string of the molecule is c1ccc2c(c1)oc1c(-c3c4ccccc4c(-c4ccc5c(c4)[se]c4ccc(-c6c7ccccc7c(-c7cccc8c7oc7ccccc78)c7ccccc67)cc45)c4ccccc34)cccc12. The van der Waals surface area contributed by atoms with Gasteiger partial charge in [-0.15, -0.1) is 0 Å². The predicted molar refractivity (Wildman–Crippen MR) is 285 cm³/mol. The molecule has 0 spiro atoms. The third-order valence-corrected chi connectivity index (χ3v) is 16.6. The number of hydrogen-bond acceptors (Lipinski definition) is 2. The summed E-state index contributed by atoms with van der Waals surface area (Å²) in [6.45, 7) is 0. The Labute approximate surface area is 390 Å². The fourth-order valence-corrected chi connectivity index (χ4v) is 13.8. The number of rotatable bonds is 4. The molecule has 67 heavy (non-hydrogen) atoms. The Balaban J connectivity index is 0.917. The standard InChI is InChI=1S/C64H36O2Se/c1-5-21-46-42(17-1)59(43-18-2-6-22-47(43)61(46)52-27-13-25-50-39-15-9-11-29-55(39)65-63(50)52)37-32-34-57-54(35-37)41-33-31-38(36-58(41)67-57)60-44-19-3-7-23-48(44)62(49-24-8-4-20-45(49)60)53-28-14-26-51-40-16-10-12-30-56(40)66-64(51)53/h1-36H. The van der Waals surface area contributed by atoms with Gasteiger partial charge >= 0.3 is 356 Å².